The third-order valence-electron chi connectivity index (χ3n) is 2.99. The van der Waals surface area contributed by atoms with Crippen molar-refractivity contribution < 1.29 is 13.2 Å². The molecule has 5 nitrogen and oxygen atoms in total. The molecule has 8 heteroatoms. The average molecular weight is 345 g/mol. The first-order valence-electron chi connectivity index (χ1n) is 6.06. The molecule has 1 aromatic heterocycles. The van der Waals surface area contributed by atoms with Crippen LogP contribution in [0.5, 0.6) is 5.75 Å². The van der Waals surface area contributed by atoms with E-state index < -0.39 is 10.0 Å². The van der Waals surface area contributed by atoms with Gasteiger partial charge in [-0.25, -0.2) is 13.4 Å². The number of halogens is 2. The number of rotatable bonds is 3. The number of pyridine rings is 1. The van der Waals surface area contributed by atoms with E-state index in [0.717, 1.165) is 5.56 Å². The molecule has 1 N–H and O–H groups in total. The van der Waals surface area contributed by atoms with Gasteiger partial charge in [-0.05, 0) is 24.3 Å². The quantitative estimate of drug-likeness (QED) is 0.928. The fourth-order valence-corrected chi connectivity index (χ4v) is 3.85. The molecule has 0 fully saturated rings. The van der Waals surface area contributed by atoms with Gasteiger partial charge in [-0.15, -0.1) is 0 Å². The highest BCUT2D eigenvalue weighted by Gasteiger charge is 2.27. The van der Waals surface area contributed by atoms with E-state index in [1.165, 1.54) is 12.3 Å². The van der Waals surface area contributed by atoms with Gasteiger partial charge >= 0.3 is 0 Å². The van der Waals surface area contributed by atoms with Crippen LogP contribution in [0.1, 0.15) is 5.56 Å². The maximum absolute atomic E-state index is 12.5. The number of benzene rings is 1. The summed E-state index contributed by atoms with van der Waals surface area (Å²) >= 11 is 11.9. The molecule has 0 unspecified atom stereocenters. The second-order valence-electron chi connectivity index (χ2n) is 4.43. The minimum Gasteiger partial charge on any atom is -0.492 e. The molecule has 1 aromatic carbocycles. The molecule has 21 heavy (non-hydrogen) atoms. The molecule has 0 saturated heterocycles. The smallest absolute Gasteiger partial charge is 0.266 e. The first-order chi connectivity index (χ1) is 9.97. The molecule has 110 valence electrons. The maximum atomic E-state index is 12.5. The van der Waals surface area contributed by atoms with Gasteiger partial charge < -0.3 is 4.74 Å². The van der Waals surface area contributed by atoms with E-state index in [1.807, 2.05) is 0 Å². The average Bonchev–Trinajstić information content (AvgIpc) is 2.88. The normalized spacial score (nSPS) is 13.6. The van der Waals surface area contributed by atoms with Crippen LogP contribution in [-0.4, -0.2) is 20.0 Å². The molecule has 0 saturated carbocycles. The lowest BCUT2D eigenvalue weighted by molar-refractivity contribution is 0.348. The highest BCUT2D eigenvalue weighted by molar-refractivity contribution is 7.92. The van der Waals surface area contributed by atoms with Crippen LogP contribution >= 0.6 is 23.2 Å². The zero-order valence-corrected chi connectivity index (χ0v) is 13.0. The molecule has 0 amide bonds. The van der Waals surface area contributed by atoms with Crippen molar-refractivity contribution in [3.05, 3.63) is 46.1 Å². The fraction of sp³-hybridized carbons (Fsp3) is 0.154. The van der Waals surface area contributed by atoms with E-state index >= 15 is 0 Å². The summed E-state index contributed by atoms with van der Waals surface area (Å²) in [5.41, 5.74) is 0.773. The Hall–Kier alpha value is -1.50. The van der Waals surface area contributed by atoms with Gasteiger partial charge in [0, 0.05) is 23.2 Å². The van der Waals surface area contributed by atoms with Crippen LogP contribution in [0.4, 0.5) is 5.82 Å². The Morgan fingerprint density at radius 3 is 2.86 bits per heavy atom. The van der Waals surface area contributed by atoms with Crippen molar-refractivity contribution in [1.29, 1.82) is 0 Å². The van der Waals surface area contributed by atoms with Crippen molar-refractivity contribution in [2.45, 2.75) is 11.3 Å². The van der Waals surface area contributed by atoms with Crippen LogP contribution in [0.15, 0.2) is 35.4 Å². The molecule has 0 atom stereocenters. The van der Waals surface area contributed by atoms with Gasteiger partial charge in [0.1, 0.15) is 10.6 Å². The van der Waals surface area contributed by atoms with E-state index in [0.29, 0.717) is 23.8 Å². The molecule has 1 aliphatic heterocycles. The molecule has 3 rings (SSSR count). The molecule has 0 radical (unpaired) electrons. The van der Waals surface area contributed by atoms with Gasteiger partial charge in [-0.3, -0.25) is 4.72 Å². The Morgan fingerprint density at radius 1 is 1.29 bits per heavy atom. The van der Waals surface area contributed by atoms with Gasteiger partial charge in [0.05, 0.1) is 11.6 Å². The van der Waals surface area contributed by atoms with Crippen LogP contribution in [0.3, 0.4) is 0 Å². The van der Waals surface area contributed by atoms with Crippen molar-refractivity contribution in [3.63, 3.8) is 0 Å². The standard InChI is InChI=1S/C13H10Cl2N2O3S/c14-9-6-8-3-5-20-12(8)11(7-9)21(18,19)17-13-10(15)2-1-4-16-13/h1-2,4,6-7H,3,5H2,(H,16,17). The minimum atomic E-state index is -3.89. The molecule has 0 bridgehead atoms. The largest absolute Gasteiger partial charge is 0.492 e. The van der Waals surface area contributed by atoms with Crippen LogP contribution in [0, 0.1) is 0 Å². The molecule has 1 aliphatic rings. The Morgan fingerprint density at radius 2 is 2.10 bits per heavy atom. The van der Waals surface area contributed by atoms with Gasteiger partial charge in [-0.2, -0.15) is 0 Å². The lowest BCUT2D eigenvalue weighted by Gasteiger charge is -2.12. The van der Waals surface area contributed by atoms with Crippen molar-refractivity contribution in [2.75, 3.05) is 11.3 Å². The van der Waals surface area contributed by atoms with Crippen LogP contribution in [0.2, 0.25) is 10.0 Å². The number of nitrogens with zero attached hydrogens (tertiary/aromatic N) is 1. The summed E-state index contributed by atoms with van der Waals surface area (Å²) in [5, 5.41) is 0.549. The van der Waals surface area contributed by atoms with Gasteiger partial charge in [-0.1, -0.05) is 23.2 Å². The van der Waals surface area contributed by atoms with E-state index in [1.54, 1.807) is 18.2 Å². The zero-order valence-electron chi connectivity index (χ0n) is 10.6. The summed E-state index contributed by atoms with van der Waals surface area (Å²) in [6, 6.07) is 6.22. The van der Waals surface area contributed by atoms with E-state index in [9.17, 15) is 8.42 Å². The monoisotopic (exact) mass is 344 g/mol. The predicted molar refractivity (Wildman–Crippen MR) is 80.7 cm³/mol. The number of fused-ring (bicyclic) bond motifs is 1. The summed E-state index contributed by atoms with van der Waals surface area (Å²) in [7, 11) is -3.89. The Bertz CT molecular complexity index is 809. The van der Waals surface area contributed by atoms with Crippen molar-refractivity contribution in [2.24, 2.45) is 0 Å². The molecule has 2 heterocycles. The van der Waals surface area contributed by atoms with Crippen molar-refractivity contribution >= 4 is 39.0 Å². The molecular weight excluding hydrogens is 335 g/mol. The number of ether oxygens (including phenoxy) is 1. The third kappa shape index (κ3) is 2.79. The Balaban J connectivity index is 2.06. The molecular formula is C13H10Cl2N2O3S. The number of nitrogens with one attached hydrogen (secondary N) is 1. The second-order valence-corrected chi connectivity index (χ2v) is 6.92. The summed E-state index contributed by atoms with van der Waals surface area (Å²) in [6.07, 6.45) is 2.07. The number of hydrogen-bond donors (Lipinski definition) is 1. The number of aromatic nitrogens is 1. The lowest BCUT2D eigenvalue weighted by atomic mass is 10.2. The molecule has 2 aromatic rings. The summed E-state index contributed by atoms with van der Waals surface area (Å²) in [5.74, 6) is 0.393. The van der Waals surface area contributed by atoms with Crippen LogP contribution in [0.25, 0.3) is 0 Å². The van der Waals surface area contributed by atoms with E-state index in [4.69, 9.17) is 27.9 Å². The molecule has 0 spiro atoms. The topological polar surface area (TPSA) is 68.3 Å². The second kappa shape index (κ2) is 5.36. The maximum Gasteiger partial charge on any atom is 0.266 e. The summed E-state index contributed by atoms with van der Waals surface area (Å²) in [6.45, 7) is 0.433. The third-order valence-corrected chi connectivity index (χ3v) is 4.86. The summed E-state index contributed by atoms with van der Waals surface area (Å²) < 4.78 is 32.8. The number of hydrogen-bond acceptors (Lipinski definition) is 4. The van der Waals surface area contributed by atoms with Gasteiger partial charge in [0.25, 0.3) is 10.0 Å². The first-order valence-corrected chi connectivity index (χ1v) is 8.30. The highest BCUT2D eigenvalue weighted by atomic mass is 35.5. The van der Waals surface area contributed by atoms with E-state index in [-0.39, 0.29) is 15.7 Å². The molecule has 0 aliphatic carbocycles. The Kier molecular flexibility index (Phi) is 3.69. The van der Waals surface area contributed by atoms with Crippen LogP contribution < -0.4 is 9.46 Å². The van der Waals surface area contributed by atoms with E-state index in [2.05, 4.69) is 9.71 Å². The summed E-state index contributed by atoms with van der Waals surface area (Å²) in [4.78, 5) is 3.90. The van der Waals surface area contributed by atoms with Crippen molar-refractivity contribution in [3.8, 4) is 5.75 Å². The van der Waals surface area contributed by atoms with Gasteiger partial charge in [0.2, 0.25) is 0 Å². The van der Waals surface area contributed by atoms with Crippen molar-refractivity contribution in [1.82, 2.24) is 4.98 Å². The SMILES string of the molecule is O=S(=O)(Nc1ncccc1Cl)c1cc(Cl)cc2c1OCC2. The van der Waals surface area contributed by atoms with Crippen LogP contribution in [-0.2, 0) is 16.4 Å². The zero-order chi connectivity index (χ0) is 15.0. The number of anilines is 1. The lowest BCUT2D eigenvalue weighted by Crippen LogP contribution is -2.15. The number of sulfonamides is 1. The van der Waals surface area contributed by atoms with Gasteiger partial charge in [0.15, 0.2) is 5.82 Å². The first kappa shape index (κ1) is 14.4. The minimum absolute atomic E-state index is 0.00998. The Labute approximate surface area is 131 Å². The highest BCUT2D eigenvalue weighted by Crippen LogP contribution is 2.36. The predicted octanol–water partition coefficient (Wildman–Crippen LogP) is 3.12. The fourth-order valence-electron chi connectivity index (χ4n) is 2.08.